The lowest BCUT2D eigenvalue weighted by Gasteiger charge is -2.20. The van der Waals surface area contributed by atoms with Crippen molar-refractivity contribution in [2.75, 3.05) is 40.3 Å². The van der Waals surface area contributed by atoms with E-state index in [1.54, 1.807) is 20.3 Å². The molecule has 11 heteroatoms. The monoisotopic (exact) mass is 597 g/mol. The van der Waals surface area contributed by atoms with E-state index in [-0.39, 0.29) is 41.2 Å². The summed E-state index contributed by atoms with van der Waals surface area (Å²) >= 11 is 0. The number of carbonyl (C=O) groups excluding carboxylic acids is 3. The van der Waals surface area contributed by atoms with Crippen molar-refractivity contribution in [1.82, 2.24) is 10.6 Å². The summed E-state index contributed by atoms with van der Waals surface area (Å²) in [4.78, 5) is 50.5. The smallest absolute Gasteiger partial charge is 0.305 e. The normalized spacial score (nSPS) is 14.4. The molecule has 0 radical (unpaired) electrons. The summed E-state index contributed by atoms with van der Waals surface area (Å²) in [5.41, 5.74) is 2.90. The van der Waals surface area contributed by atoms with Crippen molar-refractivity contribution in [3.63, 3.8) is 0 Å². The number of anilines is 1. The highest BCUT2D eigenvalue weighted by Gasteiger charge is 2.30. The quantitative estimate of drug-likeness (QED) is 0.232. The number of fused-ring (bicyclic) bond motifs is 3. The number of methoxy groups -OCH3 is 4. The van der Waals surface area contributed by atoms with Crippen LogP contribution in [0.5, 0.6) is 17.2 Å². The highest BCUT2D eigenvalue weighted by molar-refractivity contribution is 5.86. The van der Waals surface area contributed by atoms with E-state index < -0.39 is 12.1 Å². The van der Waals surface area contributed by atoms with E-state index in [0.717, 1.165) is 11.1 Å². The molecule has 0 aromatic heterocycles. The summed E-state index contributed by atoms with van der Waals surface area (Å²) in [5, 5.41) is 9.02. The molecule has 43 heavy (non-hydrogen) atoms. The Hall–Kier alpha value is -4.28. The molecule has 0 unspecified atom stereocenters. The van der Waals surface area contributed by atoms with Crippen LogP contribution in [0, 0.1) is 5.92 Å². The van der Waals surface area contributed by atoms with E-state index in [2.05, 4.69) is 20.7 Å². The molecule has 3 rings (SSSR count). The molecule has 0 fully saturated rings. The molecule has 3 N–H and O–H groups in total. The van der Waals surface area contributed by atoms with Crippen LogP contribution in [-0.4, -0.2) is 58.8 Å². The van der Waals surface area contributed by atoms with E-state index in [4.69, 9.17) is 14.2 Å². The van der Waals surface area contributed by atoms with Gasteiger partial charge in [0.25, 0.3) is 0 Å². The number of rotatable bonds is 13. The summed E-state index contributed by atoms with van der Waals surface area (Å²) in [5.74, 6) is 0.711. The highest BCUT2D eigenvalue weighted by Crippen LogP contribution is 2.50. The van der Waals surface area contributed by atoms with E-state index in [1.807, 2.05) is 26.0 Å². The highest BCUT2D eigenvalue weighted by atomic mass is 16.5. The van der Waals surface area contributed by atoms with Gasteiger partial charge < -0.3 is 34.9 Å². The van der Waals surface area contributed by atoms with Gasteiger partial charge in [-0.2, -0.15) is 0 Å². The molecule has 1 aliphatic rings. The fourth-order valence-corrected chi connectivity index (χ4v) is 5.39. The van der Waals surface area contributed by atoms with Gasteiger partial charge in [0.1, 0.15) is 6.04 Å². The van der Waals surface area contributed by atoms with Gasteiger partial charge in [-0.25, -0.2) is 0 Å². The molecule has 0 heterocycles. The molecule has 0 bridgehead atoms. The van der Waals surface area contributed by atoms with Crippen LogP contribution in [0.2, 0.25) is 0 Å². The minimum atomic E-state index is -0.689. The number of ether oxygens (including phenoxy) is 4. The van der Waals surface area contributed by atoms with Gasteiger partial charge in [0.15, 0.2) is 11.5 Å². The number of benzene rings is 1. The summed E-state index contributed by atoms with van der Waals surface area (Å²) in [6.45, 7) is 5.73. The van der Waals surface area contributed by atoms with Gasteiger partial charge in [-0.15, -0.1) is 0 Å². The van der Waals surface area contributed by atoms with Crippen LogP contribution in [0.3, 0.4) is 0 Å². The van der Waals surface area contributed by atoms with Crippen LogP contribution in [0.25, 0.3) is 11.1 Å². The summed E-state index contributed by atoms with van der Waals surface area (Å²) in [7, 11) is 5.95. The van der Waals surface area contributed by atoms with Gasteiger partial charge in [-0.05, 0) is 66.5 Å². The molecule has 2 aromatic rings. The van der Waals surface area contributed by atoms with E-state index in [9.17, 15) is 19.2 Å². The largest absolute Gasteiger partial charge is 0.493 e. The summed E-state index contributed by atoms with van der Waals surface area (Å²) in [6.07, 6.45) is 2.23. The second-order valence-corrected chi connectivity index (χ2v) is 10.9. The first kappa shape index (κ1) is 33.2. The molecule has 0 aliphatic heterocycles. The number of amides is 2. The Labute approximate surface area is 252 Å². The molecule has 0 spiro atoms. The molecule has 0 saturated carbocycles. The maximum atomic E-state index is 13.7. The number of hydrogen-bond acceptors (Lipinski definition) is 9. The first-order valence-corrected chi connectivity index (χ1v) is 14.4. The Balaban J connectivity index is 2.10. The zero-order valence-corrected chi connectivity index (χ0v) is 26.1. The van der Waals surface area contributed by atoms with Crippen LogP contribution in [0.15, 0.2) is 29.1 Å². The molecule has 2 aromatic carbocycles. The van der Waals surface area contributed by atoms with Gasteiger partial charge >= 0.3 is 5.97 Å². The Kier molecular flexibility index (Phi) is 11.8. The molecular formula is C32H43N3O8. The second kappa shape index (κ2) is 15.3. The van der Waals surface area contributed by atoms with Crippen LogP contribution in [0.4, 0.5) is 5.69 Å². The molecule has 2 amide bonds. The Bertz CT molecular complexity index is 1390. The third-order valence-corrected chi connectivity index (χ3v) is 7.35. The van der Waals surface area contributed by atoms with Crippen molar-refractivity contribution >= 4 is 23.5 Å². The van der Waals surface area contributed by atoms with Crippen molar-refractivity contribution in [3.05, 3.63) is 45.6 Å². The molecular weight excluding hydrogens is 554 g/mol. The number of carbonyl (C=O) groups is 3. The lowest BCUT2D eigenvalue weighted by atomic mass is 9.95. The number of hydrogen-bond donors (Lipinski definition) is 3. The van der Waals surface area contributed by atoms with E-state index in [1.165, 1.54) is 27.2 Å². The predicted octanol–water partition coefficient (Wildman–Crippen LogP) is 3.76. The molecule has 0 saturated heterocycles. The fraction of sp³-hybridized carbons (Fsp3) is 0.500. The molecule has 234 valence electrons. The predicted molar refractivity (Wildman–Crippen MR) is 164 cm³/mol. The van der Waals surface area contributed by atoms with Crippen LogP contribution >= 0.6 is 0 Å². The lowest BCUT2D eigenvalue weighted by Crippen LogP contribution is -2.41. The Morgan fingerprint density at radius 1 is 1.00 bits per heavy atom. The fourth-order valence-electron chi connectivity index (χ4n) is 5.39. The molecule has 1 aliphatic carbocycles. The number of aryl methyl sites for hydroxylation is 1. The second-order valence-electron chi connectivity index (χ2n) is 10.9. The minimum absolute atomic E-state index is 0.158. The Morgan fingerprint density at radius 3 is 2.33 bits per heavy atom. The minimum Gasteiger partial charge on any atom is -0.493 e. The van der Waals surface area contributed by atoms with Crippen molar-refractivity contribution in [2.24, 2.45) is 5.92 Å². The molecule has 11 nitrogen and oxygen atoms in total. The van der Waals surface area contributed by atoms with Crippen molar-refractivity contribution in [2.45, 2.75) is 65.0 Å². The number of nitrogens with one attached hydrogen (secondary N) is 3. The average molecular weight is 598 g/mol. The SMILES string of the molecule is COC(=O)CCCNC(=O)[C@H](CC(C)C)Nc1ccc2c(cc1=O)[C@@H](NC(C)=O)CCc1cc(OC)c(OC)c(OC)c1-2. The zero-order valence-electron chi connectivity index (χ0n) is 26.1. The van der Waals surface area contributed by atoms with Crippen LogP contribution in [0.1, 0.15) is 63.6 Å². The van der Waals surface area contributed by atoms with Crippen molar-refractivity contribution < 1.29 is 33.3 Å². The number of esters is 1. The van der Waals surface area contributed by atoms with E-state index >= 15 is 0 Å². The molecule has 2 atom stereocenters. The van der Waals surface area contributed by atoms with Crippen molar-refractivity contribution in [1.29, 1.82) is 0 Å². The summed E-state index contributed by atoms with van der Waals surface area (Å²) < 4.78 is 21.7. The van der Waals surface area contributed by atoms with Gasteiger partial charge in [-0.3, -0.25) is 19.2 Å². The lowest BCUT2D eigenvalue weighted by molar-refractivity contribution is -0.140. The topological polar surface area (TPSA) is 141 Å². The first-order chi connectivity index (χ1) is 20.5. The van der Waals surface area contributed by atoms with Gasteiger partial charge in [0, 0.05) is 25.5 Å². The Morgan fingerprint density at radius 2 is 1.72 bits per heavy atom. The third-order valence-electron chi connectivity index (χ3n) is 7.35. The third kappa shape index (κ3) is 8.18. The zero-order chi connectivity index (χ0) is 31.7. The van der Waals surface area contributed by atoms with E-state index in [0.29, 0.717) is 60.6 Å². The van der Waals surface area contributed by atoms with Crippen LogP contribution in [-0.2, 0) is 25.5 Å². The standard InChI is InChI=1S/C32H43N3O8/c1-18(2)15-25(32(39)33-14-8-9-28(38)41-5)35-24-13-11-21-22(17-26(24)37)23(34-19(3)36)12-10-20-16-27(40-4)30(42-6)31(43-7)29(20)21/h11,13,16-18,23,25H,8-10,12,14-15H2,1-7H3,(H,33,39)(H,34,36)(H,35,37)/t23-,25-/m0/s1. The van der Waals surface area contributed by atoms with Crippen LogP contribution < -0.4 is 35.6 Å². The first-order valence-electron chi connectivity index (χ1n) is 14.4. The maximum Gasteiger partial charge on any atom is 0.305 e. The van der Waals surface area contributed by atoms with Gasteiger partial charge in [0.05, 0.1) is 40.2 Å². The summed E-state index contributed by atoms with van der Waals surface area (Å²) in [6, 6.07) is 5.75. The maximum absolute atomic E-state index is 13.7. The van der Waals surface area contributed by atoms with Crippen molar-refractivity contribution in [3.8, 4) is 28.4 Å². The van der Waals surface area contributed by atoms with Gasteiger partial charge in [0.2, 0.25) is 23.0 Å². The average Bonchev–Trinajstić information content (AvgIpc) is 3.21. The van der Waals surface area contributed by atoms with Gasteiger partial charge in [-0.1, -0.05) is 19.9 Å².